The van der Waals surface area contributed by atoms with Gasteiger partial charge in [-0.2, -0.15) is 0 Å². The number of rotatable bonds is 9. The number of thiazole rings is 1. The van der Waals surface area contributed by atoms with Gasteiger partial charge in [0.1, 0.15) is 22.8 Å². The molecule has 0 saturated carbocycles. The van der Waals surface area contributed by atoms with Gasteiger partial charge in [-0.15, -0.1) is 23.1 Å². The van der Waals surface area contributed by atoms with Crippen LogP contribution < -0.4 is 21.7 Å². The molecule has 1 unspecified atom stereocenters. The number of nitrogens with one attached hydrogen (secondary N) is 3. The van der Waals surface area contributed by atoms with Crippen molar-refractivity contribution in [3.05, 3.63) is 34.0 Å². The number of hydrogen-bond donors (Lipinski definition) is 6. The van der Waals surface area contributed by atoms with Crippen molar-refractivity contribution in [2.24, 2.45) is 5.16 Å². The molecule has 0 aromatic carbocycles. The fourth-order valence-electron chi connectivity index (χ4n) is 5.03. The maximum Gasteiger partial charge on any atom is 0.352 e. The second kappa shape index (κ2) is 11.3. The maximum atomic E-state index is 13.0. The van der Waals surface area contributed by atoms with Gasteiger partial charge in [-0.1, -0.05) is 5.16 Å². The summed E-state index contributed by atoms with van der Waals surface area (Å²) in [5.41, 5.74) is 5.90. The molecule has 39 heavy (non-hydrogen) atoms. The number of nitrogens with zero attached hydrogens (tertiary/aromatic N) is 4. The summed E-state index contributed by atoms with van der Waals surface area (Å²) in [6.07, 6.45) is 3.14. The number of nitrogen functional groups attached to an aromatic ring is 1. The van der Waals surface area contributed by atoms with E-state index >= 15 is 0 Å². The van der Waals surface area contributed by atoms with E-state index in [4.69, 9.17) is 5.73 Å². The number of oxime groups is 1. The number of carbonyl (C=O) groups is 4. The van der Waals surface area contributed by atoms with E-state index in [1.807, 2.05) is 0 Å². The van der Waals surface area contributed by atoms with Crippen LogP contribution in [-0.4, -0.2) is 110 Å². The first-order valence-electron chi connectivity index (χ1n) is 12.4. The van der Waals surface area contributed by atoms with Gasteiger partial charge in [0.25, 0.3) is 11.8 Å². The highest BCUT2D eigenvalue weighted by Crippen LogP contribution is 2.41. The van der Waals surface area contributed by atoms with Gasteiger partial charge < -0.3 is 36.9 Å². The van der Waals surface area contributed by atoms with Crippen molar-refractivity contribution in [3.63, 3.8) is 0 Å². The second-order valence-electron chi connectivity index (χ2n) is 9.42. The lowest BCUT2D eigenvalue weighted by molar-refractivity contribution is -0.150. The van der Waals surface area contributed by atoms with Gasteiger partial charge in [0.2, 0.25) is 5.91 Å². The van der Waals surface area contributed by atoms with E-state index in [0.717, 1.165) is 35.7 Å². The average Bonchev–Trinajstić information content (AvgIpc) is 3.66. The van der Waals surface area contributed by atoms with Crippen LogP contribution in [0.3, 0.4) is 0 Å². The minimum atomic E-state index is -1.29. The van der Waals surface area contributed by atoms with Crippen LogP contribution in [0.1, 0.15) is 18.5 Å². The summed E-state index contributed by atoms with van der Waals surface area (Å²) in [5, 5.41) is 32.4. The van der Waals surface area contributed by atoms with Crippen LogP contribution in [0.25, 0.3) is 0 Å². The van der Waals surface area contributed by atoms with Crippen molar-refractivity contribution in [2.45, 2.75) is 30.3 Å². The average molecular weight is 577 g/mol. The summed E-state index contributed by atoms with van der Waals surface area (Å²) in [4.78, 5) is 57.6. The molecule has 0 bridgehead atoms. The van der Waals surface area contributed by atoms with Crippen LogP contribution in [0.4, 0.5) is 5.13 Å². The van der Waals surface area contributed by atoms with Crippen molar-refractivity contribution in [1.29, 1.82) is 0 Å². The normalized spacial score (nSPS) is 26.3. The molecular weight excluding hydrogens is 548 g/mol. The highest BCUT2D eigenvalue weighted by atomic mass is 32.2. The predicted molar refractivity (Wildman–Crippen MR) is 143 cm³/mol. The van der Waals surface area contributed by atoms with Crippen molar-refractivity contribution >= 4 is 57.6 Å². The SMILES string of the molecule is Nc1nc(/C(=N/O)C(=O)N[C@@H]2C(=O)N3C(C(=O)O)=C(C=C4CCN(CCNC5CCNC5)C4=O)CS[C@H]23)cs1. The smallest absolute Gasteiger partial charge is 0.352 e. The number of aliphatic carboxylic acids is 1. The van der Waals surface area contributed by atoms with Crippen LogP contribution >= 0.6 is 23.1 Å². The lowest BCUT2D eigenvalue weighted by atomic mass is 10.0. The fourth-order valence-corrected chi connectivity index (χ4v) is 6.88. The first-order chi connectivity index (χ1) is 18.8. The Morgan fingerprint density at radius 3 is 2.85 bits per heavy atom. The molecule has 3 saturated heterocycles. The number of nitrogens with two attached hydrogens (primary N) is 1. The number of aromatic nitrogens is 1. The van der Waals surface area contributed by atoms with Crippen molar-refractivity contribution < 1.29 is 29.5 Å². The zero-order chi connectivity index (χ0) is 27.7. The van der Waals surface area contributed by atoms with Crippen LogP contribution in [0.5, 0.6) is 0 Å². The summed E-state index contributed by atoms with van der Waals surface area (Å²) >= 11 is 2.33. The number of amides is 3. The molecule has 0 aliphatic carbocycles. The highest BCUT2D eigenvalue weighted by molar-refractivity contribution is 8.00. The van der Waals surface area contributed by atoms with Crippen LogP contribution in [-0.2, 0) is 19.2 Å². The van der Waals surface area contributed by atoms with Crippen LogP contribution in [0.15, 0.2) is 33.5 Å². The molecule has 1 aromatic heterocycles. The molecule has 16 heteroatoms. The summed E-state index contributed by atoms with van der Waals surface area (Å²) in [6.45, 7) is 3.70. The summed E-state index contributed by atoms with van der Waals surface area (Å²) in [6, 6.07) is -0.616. The molecule has 0 radical (unpaired) electrons. The molecule has 4 aliphatic heterocycles. The van der Waals surface area contributed by atoms with Gasteiger partial charge in [-0.25, -0.2) is 9.78 Å². The number of hydrogen-bond acceptors (Lipinski definition) is 12. The molecule has 1 aromatic rings. The number of likely N-dealkylation sites (tertiary alicyclic amines) is 1. The monoisotopic (exact) mass is 576 g/mol. The molecule has 4 aliphatic rings. The van der Waals surface area contributed by atoms with Crippen LogP contribution in [0, 0.1) is 0 Å². The topological polar surface area (TPSA) is 203 Å². The Hall–Kier alpha value is -3.47. The second-order valence-corrected chi connectivity index (χ2v) is 11.4. The number of β-lactam (4-membered cyclic amide) rings is 1. The number of carbonyl (C=O) groups excluding carboxylic acids is 3. The van der Waals surface area contributed by atoms with E-state index in [1.165, 1.54) is 17.1 Å². The van der Waals surface area contributed by atoms with Gasteiger partial charge in [0.05, 0.1) is 0 Å². The fraction of sp³-hybridized carbons (Fsp3) is 0.478. The van der Waals surface area contributed by atoms with Crippen molar-refractivity contribution in [1.82, 2.24) is 30.7 Å². The van der Waals surface area contributed by atoms with Gasteiger partial charge in [0, 0.05) is 48.9 Å². The first-order valence-corrected chi connectivity index (χ1v) is 14.3. The van der Waals surface area contributed by atoms with E-state index < -0.39 is 34.9 Å². The third-order valence-corrected chi connectivity index (χ3v) is 8.98. The van der Waals surface area contributed by atoms with E-state index in [0.29, 0.717) is 43.2 Å². The number of fused-ring (bicyclic) bond motifs is 1. The number of carboxylic acids is 1. The Balaban J connectivity index is 1.25. The van der Waals surface area contributed by atoms with Crippen molar-refractivity contribution in [3.8, 4) is 0 Å². The van der Waals surface area contributed by atoms with Gasteiger partial charge in [0.15, 0.2) is 10.8 Å². The zero-order valence-corrected chi connectivity index (χ0v) is 22.4. The number of allylic oxidation sites excluding steroid dienone is 1. The Labute approximate surface area is 231 Å². The Morgan fingerprint density at radius 2 is 2.18 bits per heavy atom. The maximum absolute atomic E-state index is 13.0. The molecule has 7 N–H and O–H groups in total. The van der Waals surface area contributed by atoms with E-state index in [9.17, 15) is 29.5 Å². The van der Waals surface area contributed by atoms with E-state index in [2.05, 4.69) is 26.1 Å². The first kappa shape index (κ1) is 27.1. The highest BCUT2D eigenvalue weighted by Gasteiger charge is 2.54. The number of anilines is 1. The molecule has 0 spiro atoms. The third-order valence-electron chi connectivity index (χ3n) is 7.00. The summed E-state index contributed by atoms with van der Waals surface area (Å²) in [5.74, 6) is -2.65. The lowest BCUT2D eigenvalue weighted by Crippen LogP contribution is -2.71. The molecule has 14 nitrogen and oxygen atoms in total. The number of carboxylic acid groups (broad SMARTS) is 1. The van der Waals surface area contributed by atoms with E-state index in [1.54, 1.807) is 11.0 Å². The predicted octanol–water partition coefficient (Wildman–Crippen LogP) is -1.25. The molecule has 5 heterocycles. The van der Waals surface area contributed by atoms with Gasteiger partial charge >= 0.3 is 5.97 Å². The largest absolute Gasteiger partial charge is 0.477 e. The molecular formula is C23H28N8O6S2. The van der Waals surface area contributed by atoms with Crippen LogP contribution in [0.2, 0.25) is 0 Å². The summed E-state index contributed by atoms with van der Waals surface area (Å²) < 4.78 is 0. The zero-order valence-electron chi connectivity index (χ0n) is 20.8. The van der Waals surface area contributed by atoms with E-state index in [-0.39, 0.29) is 28.2 Å². The minimum absolute atomic E-state index is 0.0547. The summed E-state index contributed by atoms with van der Waals surface area (Å²) in [7, 11) is 0. The molecule has 3 fully saturated rings. The Kier molecular flexibility index (Phi) is 7.88. The minimum Gasteiger partial charge on any atom is -0.477 e. The Morgan fingerprint density at radius 1 is 1.36 bits per heavy atom. The molecule has 208 valence electrons. The Bertz CT molecular complexity index is 1290. The molecule has 5 rings (SSSR count). The number of thioether (sulfide) groups is 1. The quantitative estimate of drug-likeness (QED) is 0.0674. The molecule has 3 atom stereocenters. The van der Waals surface area contributed by atoms with Gasteiger partial charge in [-0.3, -0.25) is 19.3 Å². The third kappa shape index (κ3) is 5.36. The molecule has 3 amide bonds. The van der Waals surface area contributed by atoms with Gasteiger partial charge in [-0.05, 0) is 31.0 Å². The van der Waals surface area contributed by atoms with Crippen molar-refractivity contribution in [2.75, 3.05) is 44.2 Å². The standard InChI is InChI=1S/C23H28N8O6S2/c24-23-27-14(10-39-23)15(29-37)18(32)28-16-20(34)31-17(22(35)36)12(9-38-21(16)31)7-11-2-5-30(19(11)33)6-4-26-13-1-3-25-8-13/h7,10,13,16,21,25-26,37H,1-6,8-9H2,(H2,24,27)(H,28,32)(H,35,36)/b11-7?,29-15-/t13?,16-,21-/m1/s1. The lowest BCUT2D eigenvalue weighted by Gasteiger charge is -2.49.